The molecule has 7 nitrogen and oxygen atoms in total. The second-order valence-electron chi connectivity index (χ2n) is 6.43. The largest absolute Gasteiger partial charge is 0.497 e. The summed E-state index contributed by atoms with van der Waals surface area (Å²) in [4.78, 5) is 18.7. The molecule has 1 amide bonds. The smallest absolute Gasteiger partial charge is 0.274 e. The molecule has 1 aromatic heterocycles. The SMILES string of the molecule is CCN(c1ccc(C(=O)Nc2cccc(OC)c2)nc1)C1CCS(=O)(=O)C1. The number of benzene rings is 1. The van der Waals surface area contributed by atoms with Crippen molar-refractivity contribution in [3.05, 3.63) is 48.3 Å². The number of hydrogen-bond donors (Lipinski definition) is 1. The first kappa shape index (κ1) is 19.2. The maximum atomic E-state index is 12.4. The number of rotatable bonds is 6. The molecule has 0 aliphatic carbocycles. The number of carbonyl (C=O) groups is 1. The fourth-order valence-corrected chi connectivity index (χ4v) is 4.99. The first-order valence-electron chi connectivity index (χ1n) is 8.80. The Morgan fingerprint density at radius 2 is 2.15 bits per heavy atom. The number of ether oxygens (including phenoxy) is 1. The summed E-state index contributed by atoms with van der Waals surface area (Å²) in [5, 5.41) is 2.79. The lowest BCUT2D eigenvalue weighted by atomic mass is 10.2. The molecule has 0 radical (unpaired) electrons. The quantitative estimate of drug-likeness (QED) is 0.816. The number of sulfone groups is 1. The van der Waals surface area contributed by atoms with Crippen molar-refractivity contribution in [2.45, 2.75) is 19.4 Å². The second-order valence-corrected chi connectivity index (χ2v) is 8.66. The van der Waals surface area contributed by atoms with Crippen molar-refractivity contribution >= 4 is 27.1 Å². The van der Waals surface area contributed by atoms with Gasteiger partial charge in [-0.15, -0.1) is 0 Å². The number of methoxy groups -OCH3 is 1. The number of amides is 1. The van der Waals surface area contributed by atoms with Gasteiger partial charge in [-0.25, -0.2) is 13.4 Å². The fourth-order valence-electron chi connectivity index (χ4n) is 3.26. The Morgan fingerprint density at radius 1 is 1.33 bits per heavy atom. The van der Waals surface area contributed by atoms with Crippen LogP contribution in [0.3, 0.4) is 0 Å². The average Bonchev–Trinajstić information content (AvgIpc) is 3.02. The molecule has 0 spiro atoms. The Balaban J connectivity index is 1.71. The summed E-state index contributed by atoms with van der Waals surface area (Å²) < 4.78 is 28.6. The number of carbonyl (C=O) groups excluding carboxylic acids is 1. The van der Waals surface area contributed by atoms with E-state index in [1.54, 1.807) is 43.6 Å². The molecule has 1 fully saturated rings. The Morgan fingerprint density at radius 3 is 2.74 bits per heavy atom. The molecule has 2 heterocycles. The predicted octanol–water partition coefficient (Wildman–Crippen LogP) is 2.36. The van der Waals surface area contributed by atoms with Crippen LogP contribution < -0.4 is 15.0 Å². The molecule has 1 saturated heterocycles. The Kier molecular flexibility index (Phi) is 5.65. The van der Waals surface area contributed by atoms with E-state index < -0.39 is 9.84 Å². The number of pyridine rings is 1. The van der Waals surface area contributed by atoms with E-state index >= 15 is 0 Å². The van der Waals surface area contributed by atoms with Crippen LogP contribution in [0.25, 0.3) is 0 Å². The molecule has 1 aliphatic heterocycles. The molecule has 144 valence electrons. The fraction of sp³-hybridized carbons (Fsp3) is 0.368. The van der Waals surface area contributed by atoms with Crippen LogP contribution >= 0.6 is 0 Å². The molecular formula is C19H23N3O4S. The van der Waals surface area contributed by atoms with Gasteiger partial charge in [-0.05, 0) is 37.6 Å². The van der Waals surface area contributed by atoms with Gasteiger partial charge in [0.15, 0.2) is 9.84 Å². The summed E-state index contributed by atoms with van der Waals surface area (Å²) in [5.41, 5.74) is 1.73. The number of aromatic nitrogens is 1. The lowest BCUT2D eigenvalue weighted by molar-refractivity contribution is 0.102. The van der Waals surface area contributed by atoms with E-state index in [1.165, 1.54) is 0 Å². The van der Waals surface area contributed by atoms with E-state index in [4.69, 9.17) is 4.74 Å². The third-order valence-electron chi connectivity index (χ3n) is 4.63. The molecule has 1 atom stereocenters. The molecule has 1 aliphatic rings. The van der Waals surface area contributed by atoms with E-state index in [1.807, 2.05) is 17.9 Å². The molecule has 0 bridgehead atoms. The molecule has 8 heteroatoms. The van der Waals surface area contributed by atoms with Crippen molar-refractivity contribution < 1.29 is 17.9 Å². The van der Waals surface area contributed by atoms with Gasteiger partial charge in [0.2, 0.25) is 0 Å². The molecule has 1 aromatic carbocycles. The van der Waals surface area contributed by atoms with E-state index in [0.717, 1.165) is 5.69 Å². The van der Waals surface area contributed by atoms with E-state index in [-0.39, 0.29) is 29.1 Å². The van der Waals surface area contributed by atoms with Crippen molar-refractivity contribution in [3.8, 4) is 5.75 Å². The van der Waals surface area contributed by atoms with E-state index in [2.05, 4.69) is 10.3 Å². The normalized spacial score (nSPS) is 18.1. The van der Waals surface area contributed by atoms with E-state index in [9.17, 15) is 13.2 Å². The highest BCUT2D eigenvalue weighted by atomic mass is 32.2. The van der Waals surface area contributed by atoms with Crippen molar-refractivity contribution in [3.63, 3.8) is 0 Å². The minimum atomic E-state index is -2.96. The lowest BCUT2D eigenvalue weighted by Gasteiger charge is -2.28. The van der Waals surface area contributed by atoms with Gasteiger partial charge in [0.05, 0.1) is 30.5 Å². The minimum Gasteiger partial charge on any atom is -0.497 e. The monoisotopic (exact) mass is 389 g/mol. The maximum Gasteiger partial charge on any atom is 0.274 e. The Labute approximate surface area is 159 Å². The number of hydrogen-bond acceptors (Lipinski definition) is 6. The molecule has 1 N–H and O–H groups in total. The summed E-state index contributed by atoms with van der Waals surface area (Å²) in [5.74, 6) is 0.726. The highest BCUT2D eigenvalue weighted by Crippen LogP contribution is 2.24. The van der Waals surface area contributed by atoms with Crippen LogP contribution in [0.4, 0.5) is 11.4 Å². The standard InChI is InChI=1S/C19H23N3O4S/c1-3-22(16-9-10-27(24,25)13-16)15-7-8-18(20-12-15)19(23)21-14-5-4-6-17(11-14)26-2/h4-8,11-12,16H,3,9-10,13H2,1-2H3,(H,21,23). The van der Waals surface area contributed by atoms with Crippen LogP contribution in [-0.2, 0) is 9.84 Å². The summed E-state index contributed by atoms with van der Waals surface area (Å²) in [6.45, 7) is 2.66. The van der Waals surface area contributed by atoms with Gasteiger partial charge in [0.25, 0.3) is 5.91 Å². The van der Waals surface area contributed by atoms with Crippen LogP contribution in [0.1, 0.15) is 23.8 Å². The molecule has 1 unspecified atom stereocenters. The highest BCUT2D eigenvalue weighted by molar-refractivity contribution is 7.91. The summed E-state index contributed by atoms with van der Waals surface area (Å²) in [6.07, 6.45) is 2.24. The minimum absolute atomic E-state index is 0.0433. The number of nitrogens with one attached hydrogen (secondary N) is 1. The first-order valence-corrected chi connectivity index (χ1v) is 10.6. The van der Waals surface area contributed by atoms with Crippen molar-refractivity contribution in [1.82, 2.24) is 4.98 Å². The third-order valence-corrected chi connectivity index (χ3v) is 6.38. The van der Waals surface area contributed by atoms with Gasteiger partial charge in [0.1, 0.15) is 11.4 Å². The molecule has 3 rings (SSSR count). The zero-order chi connectivity index (χ0) is 19.4. The summed E-state index contributed by atoms with van der Waals surface area (Å²) in [6, 6.07) is 10.5. The predicted molar refractivity (Wildman–Crippen MR) is 105 cm³/mol. The lowest BCUT2D eigenvalue weighted by Crippen LogP contribution is -2.36. The molecule has 2 aromatic rings. The molecular weight excluding hydrogens is 366 g/mol. The van der Waals surface area contributed by atoms with Gasteiger partial charge in [-0.3, -0.25) is 4.79 Å². The Hall–Kier alpha value is -2.61. The third kappa shape index (κ3) is 4.57. The van der Waals surface area contributed by atoms with Crippen LogP contribution in [0.15, 0.2) is 42.6 Å². The number of nitrogens with zero attached hydrogens (tertiary/aromatic N) is 2. The van der Waals surface area contributed by atoms with Gasteiger partial charge >= 0.3 is 0 Å². The van der Waals surface area contributed by atoms with Crippen LogP contribution in [0.2, 0.25) is 0 Å². The van der Waals surface area contributed by atoms with Gasteiger partial charge in [-0.2, -0.15) is 0 Å². The van der Waals surface area contributed by atoms with Crippen LogP contribution in [-0.4, -0.2) is 50.5 Å². The number of anilines is 2. The van der Waals surface area contributed by atoms with Gasteiger partial charge in [-0.1, -0.05) is 6.07 Å². The summed E-state index contributed by atoms with van der Waals surface area (Å²) in [7, 11) is -1.39. The zero-order valence-corrected chi connectivity index (χ0v) is 16.2. The molecule has 27 heavy (non-hydrogen) atoms. The highest BCUT2D eigenvalue weighted by Gasteiger charge is 2.32. The molecule has 0 saturated carbocycles. The van der Waals surface area contributed by atoms with Crippen molar-refractivity contribution in [1.29, 1.82) is 0 Å². The van der Waals surface area contributed by atoms with Crippen LogP contribution in [0.5, 0.6) is 5.75 Å². The average molecular weight is 389 g/mol. The topological polar surface area (TPSA) is 88.6 Å². The van der Waals surface area contributed by atoms with E-state index in [0.29, 0.717) is 24.4 Å². The second kappa shape index (κ2) is 7.96. The van der Waals surface area contributed by atoms with Gasteiger partial charge in [0, 0.05) is 24.3 Å². The van der Waals surface area contributed by atoms with Crippen molar-refractivity contribution in [2.75, 3.05) is 35.4 Å². The van der Waals surface area contributed by atoms with Crippen molar-refractivity contribution in [2.24, 2.45) is 0 Å². The zero-order valence-electron chi connectivity index (χ0n) is 15.4. The maximum absolute atomic E-state index is 12.4. The van der Waals surface area contributed by atoms with Gasteiger partial charge < -0.3 is 15.0 Å². The Bertz CT molecular complexity index is 913. The van der Waals surface area contributed by atoms with Crippen LogP contribution in [0, 0.1) is 0 Å². The summed E-state index contributed by atoms with van der Waals surface area (Å²) >= 11 is 0. The first-order chi connectivity index (χ1) is 12.9.